The SMILES string of the molecule is CCC[C@@H](CCO[Si](c1ccccc1)(c1ccccc1)C(C)(C)C)Nc1nc(N)nc2c3ccccc3n(Cc3cc(CO)cnc3OC)c12. The number of para-hydroxylation sites is 1. The predicted octanol–water partition coefficient (Wildman–Crippen LogP) is 6.66. The predicted molar refractivity (Wildman–Crippen MR) is 206 cm³/mol. The normalized spacial score (nSPS) is 12.8. The average molecular weight is 689 g/mol. The van der Waals surface area contributed by atoms with Gasteiger partial charge in [0.25, 0.3) is 8.32 Å². The fraction of sp³-hybridized carbons (Fsp3) is 0.325. The van der Waals surface area contributed by atoms with Gasteiger partial charge in [-0.25, -0.2) is 9.97 Å². The number of hydrogen-bond acceptors (Lipinski definition) is 8. The van der Waals surface area contributed by atoms with Crippen LogP contribution in [0.15, 0.2) is 97.2 Å². The zero-order valence-electron chi connectivity index (χ0n) is 29.7. The minimum Gasteiger partial charge on any atom is -0.481 e. The van der Waals surface area contributed by atoms with Gasteiger partial charge in [0.1, 0.15) is 11.0 Å². The van der Waals surface area contributed by atoms with Crippen LogP contribution in [0.25, 0.3) is 21.9 Å². The molecule has 3 heterocycles. The number of aromatic nitrogens is 4. The molecule has 260 valence electrons. The lowest BCUT2D eigenvalue weighted by Crippen LogP contribution is -2.66. The molecule has 0 amide bonds. The number of anilines is 2. The van der Waals surface area contributed by atoms with Crippen LogP contribution < -0.4 is 26.2 Å². The van der Waals surface area contributed by atoms with Gasteiger partial charge in [-0.1, -0.05) is 113 Å². The number of hydrogen-bond donors (Lipinski definition) is 3. The monoisotopic (exact) mass is 688 g/mol. The molecule has 3 aromatic heterocycles. The van der Waals surface area contributed by atoms with Crippen molar-refractivity contribution in [2.24, 2.45) is 0 Å². The number of fused-ring (bicyclic) bond motifs is 3. The molecule has 1 atom stereocenters. The summed E-state index contributed by atoms with van der Waals surface area (Å²) in [6, 6.07) is 31.7. The highest BCUT2D eigenvalue weighted by atomic mass is 28.4. The van der Waals surface area contributed by atoms with Gasteiger partial charge in [-0.3, -0.25) is 0 Å². The lowest BCUT2D eigenvalue weighted by molar-refractivity contribution is 0.280. The molecule has 0 radical (unpaired) electrons. The molecule has 0 aliphatic heterocycles. The summed E-state index contributed by atoms with van der Waals surface area (Å²) in [4.78, 5) is 14.0. The second-order valence-electron chi connectivity index (χ2n) is 13.8. The third-order valence-corrected chi connectivity index (χ3v) is 14.5. The first-order valence-electron chi connectivity index (χ1n) is 17.4. The Kier molecular flexibility index (Phi) is 10.5. The van der Waals surface area contributed by atoms with E-state index in [0.717, 1.165) is 46.8 Å². The van der Waals surface area contributed by atoms with Gasteiger partial charge in [-0.2, -0.15) is 4.98 Å². The van der Waals surface area contributed by atoms with E-state index in [9.17, 15) is 5.11 Å². The van der Waals surface area contributed by atoms with E-state index in [1.54, 1.807) is 13.3 Å². The van der Waals surface area contributed by atoms with Gasteiger partial charge in [-0.05, 0) is 45.9 Å². The highest BCUT2D eigenvalue weighted by Crippen LogP contribution is 2.38. The van der Waals surface area contributed by atoms with Crippen LogP contribution in [-0.2, 0) is 17.6 Å². The van der Waals surface area contributed by atoms with E-state index < -0.39 is 8.32 Å². The van der Waals surface area contributed by atoms with E-state index in [1.165, 1.54) is 10.4 Å². The molecular formula is C40H48N6O3Si. The Balaban J connectivity index is 1.38. The number of nitrogens with one attached hydrogen (secondary N) is 1. The summed E-state index contributed by atoms with van der Waals surface area (Å²) in [5.41, 5.74) is 10.6. The molecule has 0 saturated carbocycles. The molecule has 0 bridgehead atoms. The van der Waals surface area contributed by atoms with E-state index in [-0.39, 0.29) is 23.6 Å². The molecule has 0 fully saturated rings. The largest absolute Gasteiger partial charge is 0.481 e. The quantitative estimate of drug-likeness (QED) is 0.109. The topological polar surface area (TPSA) is 120 Å². The van der Waals surface area contributed by atoms with Gasteiger partial charge >= 0.3 is 0 Å². The Bertz CT molecular complexity index is 2010. The Hall–Kier alpha value is -4.77. The number of benzene rings is 3. The summed E-state index contributed by atoms with van der Waals surface area (Å²) in [5, 5.41) is 17.1. The van der Waals surface area contributed by atoms with E-state index in [0.29, 0.717) is 30.4 Å². The van der Waals surface area contributed by atoms with Crippen LogP contribution in [0.4, 0.5) is 11.8 Å². The number of nitrogen functional groups attached to an aromatic ring is 1. The standard InChI is InChI=1S/C40H48N6O3Si/c1-6-15-30(22-23-49-50(40(2,3)4,31-16-9-7-10-17-31)32-18-11-8-12-19-32)43-37-36-35(44-39(41)45-37)33-20-13-14-21-34(33)46(36)26-29-24-28(27-47)25-42-38(29)48-5/h7-14,16-21,24-25,30,47H,6,15,22-23,26-27H2,1-5H3,(H3,41,43,44,45)/t30-/m0/s1. The highest BCUT2D eigenvalue weighted by molar-refractivity contribution is 6.99. The molecule has 0 unspecified atom stereocenters. The van der Waals surface area contributed by atoms with E-state index >= 15 is 0 Å². The van der Waals surface area contributed by atoms with Crippen molar-refractivity contribution in [2.45, 2.75) is 71.2 Å². The molecule has 4 N–H and O–H groups in total. The number of methoxy groups -OCH3 is 1. The number of nitrogens with two attached hydrogens (primary N) is 1. The van der Waals surface area contributed by atoms with Gasteiger partial charge in [0.15, 0.2) is 5.82 Å². The summed E-state index contributed by atoms with van der Waals surface area (Å²) in [6.07, 6.45) is 4.32. The van der Waals surface area contributed by atoms with Gasteiger partial charge in [0, 0.05) is 29.8 Å². The van der Waals surface area contributed by atoms with Crippen molar-refractivity contribution < 1.29 is 14.3 Å². The first-order valence-corrected chi connectivity index (χ1v) is 19.3. The molecule has 9 nitrogen and oxygen atoms in total. The van der Waals surface area contributed by atoms with E-state index in [2.05, 4.69) is 115 Å². The first-order chi connectivity index (χ1) is 24.2. The maximum Gasteiger partial charge on any atom is 0.261 e. The van der Waals surface area contributed by atoms with Gasteiger partial charge in [0.05, 0.1) is 25.8 Å². The number of pyridine rings is 1. The molecule has 3 aromatic carbocycles. The summed E-state index contributed by atoms with van der Waals surface area (Å²) in [6.45, 7) is 10.0. The highest BCUT2D eigenvalue weighted by Gasteiger charge is 2.50. The molecule has 6 rings (SSSR count). The van der Waals surface area contributed by atoms with Crippen LogP contribution in [0.2, 0.25) is 5.04 Å². The zero-order valence-corrected chi connectivity index (χ0v) is 30.7. The first kappa shape index (κ1) is 35.1. The van der Waals surface area contributed by atoms with Crippen molar-refractivity contribution in [1.82, 2.24) is 19.5 Å². The molecule has 0 aliphatic carbocycles. The second-order valence-corrected chi connectivity index (χ2v) is 18.1. The molecule has 6 aromatic rings. The van der Waals surface area contributed by atoms with Gasteiger partial charge in [0.2, 0.25) is 11.8 Å². The van der Waals surface area contributed by atoms with Crippen LogP contribution in [0, 0.1) is 0 Å². The number of rotatable bonds is 14. The fourth-order valence-corrected chi connectivity index (χ4v) is 11.8. The Morgan fingerprint density at radius 1 is 0.920 bits per heavy atom. The minimum atomic E-state index is -2.69. The van der Waals surface area contributed by atoms with Crippen molar-refractivity contribution in [2.75, 3.05) is 24.8 Å². The number of aliphatic hydroxyl groups excluding tert-OH is 1. The van der Waals surface area contributed by atoms with Crippen LogP contribution in [0.5, 0.6) is 5.88 Å². The van der Waals surface area contributed by atoms with E-state index in [1.807, 2.05) is 18.2 Å². The Labute approximate surface area is 295 Å². The molecule has 10 heteroatoms. The lowest BCUT2D eigenvalue weighted by Gasteiger charge is -2.43. The fourth-order valence-electron chi connectivity index (χ4n) is 7.26. The summed E-state index contributed by atoms with van der Waals surface area (Å²) < 4.78 is 15.1. The lowest BCUT2D eigenvalue weighted by atomic mass is 10.1. The number of nitrogens with zero attached hydrogens (tertiary/aromatic N) is 4. The van der Waals surface area contributed by atoms with Gasteiger partial charge < -0.3 is 29.9 Å². The molecule has 50 heavy (non-hydrogen) atoms. The second kappa shape index (κ2) is 15.0. The third kappa shape index (κ3) is 6.83. The van der Waals surface area contributed by atoms with Crippen molar-refractivity contribution >= 4 is 52.4 Å². The summed E-state index contributed by atoms with van der Waals surface area (Å²) >= 11 is 0. The maximum atomic E-state index is 9.88. The smallest absolute Gasteiger partial charge is 0.261 e. The maximum absolute atomic E-state index is 9.88. The molecule has 0 aliphatic rings. The van der Waals surface area contributed by atoms with Crippen LogP contribution in [-0.4, -0.2) is 52.7 Å². The van der Waals surface area contributed by atoms with E-state index in [4.69, 9.17) is 24.9 Å². The van der Waals surface area contributed by atoms with Crippen LogP contribution in [0.1, 0.15) is 58.1 Å². The Morgan fingerprint density at radius 2 is 1.58 bits per heavy atom. The zero-order chi connectivity index (χ0) is 35.3. The van der Waals surface area contributed by atoms with Crippen LogP contribution >= 0.6 is 0 Å². The van der Waals surface area contributed by atoms with Crippen molar-refractivity contribution in [3.8, 4) is 5.88 Å². The van der Waals surface area contributed by atoms with Crippen molar-refractivity contribution in [3.05, 3.63) is 108 Å². The summed E-state index contributed by atoms with van der Waals surface area (Å²) in [7, 11) is -1.08. The average Bonchev–Trinajstić information content (AvgIpc) is 3.43. The van der Waals surface area contributed by atoms with Gasteiger partial charge in [-0.15, -0.1) is 0 Å². The molecule has 0 saturated heterocycles. The third-order valence-electron chi connectivity index (χ3n) is 9.49. The van der Waals surface area contributed by atoms with Crippen molar-refractivity contribution in [3.63, 3.8) is 0 Å². The van der Waals surface area contributed by atoms with Crippen molar-refractivity contribution in [1.29, 1.82) is 0 Å². The Morgan fingerprint density at radius 3 is 2.20 bits per heavy atom. The molecule has 0 spiro atoms. The minimum absolute atomic E-state index is 0.0658. The van der Waals surface area contributed by atoms with Crippen LogP contribution in [0.3, 0.4) is 0 Å². The number of aliphatic hydroxyl groups is 1. The molecular weight excluding hydrogens is 641 g/mol. The summed E-state index contributed by atoms with van der Waals surface area (Å²) in [5.74, 6) is 1.39. The number of ether oxygens (including phenoxy) is 1.